The van der Waals surface area contributed by atoms with Crippen LogP contribution >= 0.6 is 0 Å². The van der Waals surface area contributed by atoms with Crippen molar-refractivity contribution in [3.63, 3.8) is 0 Å². The molecule has 2 N–H and O–H groups in total. The van der Waals surface area contributed by atoms with E-state index in [4.69, 9.17) is 10.5 Å². The highest BCUT2D eigenvalue weighted by atomic mass is 16.5. The van der Waals surface area contributed by atoms with E-state index in [1.54, 1.807) is 7.11 Å². The Kier molecular flexibility index (Phi) is 4.15. The van der Waals surface area contributed by atoms with Crippen molar-refractivity contribution in [2.24, 2.45) is 12.8 Å². The first kappa shape index (κ1) is 12.5. The van der Waals surface area contributed by atoms with Gasteiger partial charge in [-0.05, 0) is 19.4 Å². The molecule has 1 aliphatic rings. The molecule has 0 bridgehead atoms. The molecule has 2 rings (SSSR count). The molecule has 2 unspecified atom stereocenters. The van der Waals surface area contributed by atoms with Gasteiger partial charge >= 0.3 is 0 Å². The summed E-state index contributed by atoms with van der Waals surface area (Å²) in [5, 5.41) is 4.22. The largest absolute Gasteiger partial charge is 0.380 e. The van der Waals surface area contributed by atoms with Crippen molar-refractivity contribution in [3.05, 3.63) is 18.0 Å². The zero-order valence-electron chi connectivity index (χ0n) is 10.7. The van der Waals surface area contributed by atoms with Crippen LogP contribution in [0.2, 0.25) is 0 Å². The molecule has 0 aliphatic carbocycles. The lowest BCUT2D eigenvalue weighted by molar-refractivity contribution is 0.0155. The summed E-state index contributed by atoms with van der Waals surface area (Å²) in [6.07, 6.45) is 6.63. The molecular weight excluding hydrogens is 216 g/mol. The maximum atomic E-state index is 5.91. The number of nitrogens with two attached hydrogens (primary N) is 1. The van der Waals surface area contributed by atoms with Crippen LogP contribution in [0, 0.1) is 0 Å². The van der Waals surface area contributed by atoms with Crippen LogP contribution in [0.15, 0.2) is 12.4 Å². The lowest BCUT2D eigenvalue weighted by Gasteiger charge is -2.36. The molecule has 2 heterocycles. The van der Waals surface area contributed by atoms with Crippen molar-refractivity contribution in [1.29, 1.82) is 0 Å². The molecule has 5 heteroatoms. The maximum absolute atomic E-state index is 5.91. The van der Waals surface area contributed by atoms with Gasteiger partial charge in [0.1, 0.15) is 0 Å². The summed E-state index contributed by atoms with van der Waals surface area (Å²) >= 11 is 0. The number of aromatic nitrogens is 2. The lowest BCUT2D eigenvalue weighted by atomic mass is 10.0. The fourth-order valence-corrected chi connectivity index (χ4v) is 2.55. The molecule has 1 aliphatic heterocycles. The van der Waals surface area contributed by atoms with Crippen LogP contribution in [-0.4, -0.2) is 47.5 Å². The second-order valence-electron chi connectivity index (χ2n) is 4.69. The topological polar surface area (TPSA) is 56.3 Å². The minimum Gasteiger partial charge on any atom is -0.380 e. The summed E-state index contributed by atoms with van der Waals surface area (Å²) in [4.78, 5) is 2.41. The number of ether oxygens (including phenoxy) is 1. The smallest absolute Gasteiger partial charge is 0.0698 e. The van der Waals surface area contributed by atoms with E-state index in [9.17, 15) is 0 Å². The Morgan fingerprint density at radius 2 is 2.47 bits per heavy atom. The van der Waals surface area contributed by atoms with Crippen LogP contribution in [0.25, 0.3) is 0 Å². The van der Waals surface area contributed by atoms with E-state index in [2.05, 4.69) is 10.00 Å². The fraction of sp³-hybridized carbons (Fsp3) is 0.750. The Hall–Kier alpha value is -0.910. The highest BCUT2D eigenvalue weighted by Crippen LogP contribution is 2.24. The van der Waals surface area contributed by atoms with Crippen molar-refractivity contribution >= 4 is 0 Å². The van der Waals surface area contributed by atoms with Crippen LogP contribution in [0.3, 0.4) is 0 Å². The van der Waals surface area contributed by atoms with Crippen LogP contribution in [0.4, 0.5) is 0 Å². The molecule has 0 aromatic carbocycles. The van der Waals surface area contributed by atoms with Gasteiger partial charge in [0.15, 0.2) is 0 Å². The summed E-state index contributed by atoms with van der Waals surface area (Å²) in [7, 11) is 3.72. The van der Waals surface area contributed by atoms with Crippen molar-refractivity contribution < 1.29 is 4.74 Å². The normalized spacial score (nSPS) is 23.8. The Bertz CT molecular complexity index is 352. The molecule has 0 radical (unpaired) electrons. The molecule has 2 atom stereocenters. The zero-order valence-corrected chi connectivity index (χ0v) is 10.7. The Morgan fingerprint density at radius 1 is 1.65 bits per heavy atom. The average Bonchev–Trinajstić information content (AvgIpc) is 2.77. The van der Waals surface area contributed by atoms with Gasteiger partial charge in [0.05, 0.1) is 18.3 Å². The zero-order chi connectivity index (χ0) is 12.3. The molecule has 17 heavy (non-hydrogen) atoms. The van der Waals surface area contributed by atoms with Gasteiger partial charge in [-0.25, -0.2) is 0 Å². The summed E-state index contributed by atoms with van der Waals surface area (Å²) in [6, 6.07) is 0.265. The number of nitrogens with zero attached hydrogens (tertiary/aromatic N) is 3. The number of piperidine rings is 1. The van der Waals surface area contributed by atoms with Crippen LogP contribution in [0.1, 0.15) is 24.4 Å². The average molecular weight is 238 g/mol. The minimum atomic E-state index is 0.265. The molecule has 5 nitrogen and oxygen atoms in total. The SMILES string of the molecule is COC1CCCN(C(CN)c2cnn(C)c2)C1. The third kappa shape index (κ3) is 2.86. The number of likely N-dealkylation sites (tertiary alicyclic amines) is 1. The van der Waals surface area contributed by atoms with Crippen molar-refractivity contribution in [2.75, 3.05) is 26.7 Å². The van der Waals surface area contributed by atoms with E-state index in [0.717, 1.165) is 19.5 Å². The second kappa shape index (κ2) is 5.62. The Labute approximate surface area is 103 Å². The standard InChI is InChI=1S/C12H22N4O/c1-15-8-10(7-14-15)12(6-13)16-5-3-4-11(9-16)17-2/h7-8,11-12H,3-6,9,13H2,1-2H3. The van der Waals surface area contributed by atoms with Gasteiger partial charge in [-0.1, -0.05) is 0 Å². The third-order valence-corrected chi connectivity index (χ3v) is 3.52. The summed E-state index contributed by atoms with van der Waals surface area (Å²) in [5.41, 5.74) is 7.11. The predicted molar refractivity (Wildman–Crippen MR) is 66.6 cm³/mol. The molecule has 1 aromatic rings. The number of methoxy groups -OCH3 is 1. The van der Waals surface area contributed by atoms with Gasteiger partial charge < -0.3 is 10.5 Å². The molecule has 0 saturated carbocycles. The number of hydrogen-bond donors (Lipinski definition) is 1. The maximum Gasteiger partial charge on any atom is 0.0698 e. The van der Waals surface area contributed by atoms with Gasteiger partial charge in [0.2, 0.25) is 0 Å². The first-order valence-corrected chi connectivity index (χ1v) is 6.20. The highest BCUT2D eigenvalue weighted by Gasteiger charge is 2.26. The van der Waals surface area contributed by atoms with E-state index in [-0.39, 0.29) is 6.04 Å². The van der Waals surface area contributed by atoms with Crippen LogP contribution in [0.5, 0.6) is 0 Å². The van der Waals surface area contributed by atoms with Gasteiger partial charge in [-0.2, -0.15) is 5.10 Å². The molecule has 0 spiro atoms. The van der Waals surface area contributed by atoms with Crippen molar-refractivity contribution in [3.8, 4) is 0 Å². The second-order valence-corrected chi connectivity index (χ2v) is 4.69. The van der Waals surface area contributed by atoms with Gasteiger partial charge in [0.25, 0.3) is 0 Å². The van der Waals surface area contributed by atoms with Crippen molar-refractivity contribution in [2.45, 2.75) is 25.0 Å². The monoisotopic (exact) mass is 238 g/mol. The number of rotatable bonds is 4. The Balaban J connectivity index is 2.07. The molecule has 1 saturated heterocycles. The summed E-state index contributed by atoms with van der Waals surface area (Å²) < 4.78 is 7.28. The van der Waals surface area contributed by atoms with Gasteiger partial charge in [-0.15, -0.1) is 0 Å². The number of aryl methyl sites for hydroxylation is 1. The van der Waals surface area contributed by atoms with Gasteiger partial charge in [-0.3, -0.25) is 9.58 Å². The first-order chi connectivity index (χ1) is 8.24. The van der Waals surface area contributed by atoms with Gasteiger partial charge in [0, 0.05) is 39.0 Å². The van der Waals surface area contributed by atoms with E-state index < -0.39 is 0 Å². The molecule has 0 amide bonds. The molecule has 1 aromatic heterocycles. The van der Waals surface area contributed by atoms with Crippen LogP contribution in [-0.2, 0) is 11.8 Å². The number of hydrogen-bond acceptors (Lipinski definition) is 4. The van der Waals surface area contributed by atoms with Crippen LogP contribution < -0.4 is 5.73 Å². The fourth-order valence-electron chi connectivity index (χ4n) is 2.55. The summed E-state index contributed by atoms with van der Waals surface area (Å²) in [5.74, 6) is 0. The molecule has 1 fully saturated rings. The third-order valence-electron chi connectivity index (χ3n) is 3.52. The Morgan fingerprint density at radius 3 is 3.06 bits per heavy atom. The van der Waals surface area contributed by atoms with E-state index in [0.29, 0.717) is 12.6 Å². The minimum absolute atomic E-state index is 0.265. The van der Waals surface area contributed by atoms with Crippen molar-refractivity contribution in [1.82, 2.24) is 14.7 Å². The predicted octanol–water partition coefficient (Wildman–Crippen LogP) is 0.531. The first-order valence-electron chi connectivity index (χ1n) is 6.20. The van der Waals surface area contributed by atoms with E-state index in [1.165, 1.54) is 12.0 Å². The van der Waals surface area contributed by atoms with E-state index in [1.807, 2.05) is 24.1 Å². The molecular formula is C12H22N4O. The molecule has 96 valence electrons. The summed E-state index contributed by atoms with van der Waals surface area (Å²) in [6.45, 7) is 2.69. The highest BCUT2D eigenvalue weighted by molar-refractivity contribution is 5.11. The lowest BCUT2D eigenvalue weighted by Crippen LogP contribution is -2.43. The van der Waals surface area contributed by atoms with E-state index >= 15 is 0 Å². The quantitative estimate of drug-likeness (QED) is 0.831.